The smallest absolute Gasteiger partial charge is 0.410 e. The van der Waals surface area contributed by atoms with Crippen LogP contribution in [0.1, 0.15) is 82.0 Å². The van der Waals surface area contributed by atoms with Crippen LogP contribution >= 0.6 is 0 Å². The first-order valence-electron chi connectivity index (χ1n) is 15.0. The Bertz CT molecular complexity index is 1160. The van der Waals surface area contributed by atoms with Gasteiger partial charge in [-0.05, 0) is 64.5 Å². The van der Waals surface area contributed by atoms with Crippen LogP contribution in [0.5, 0.6) is 0 Å². The number of imidazole rings is 1. The van der Waals surface area contributed by atoms with Gasteiger partial charge in [0.2, 0.25) is 0 Å². The topological polar surface area (TPSA) is 86.1 Å². The molecule has 2 fully saturated rings. The Kier molecular flexibility index (Phi) is 10.2. The molecule has 9 nitrogen and oxygen atoms in total. The van der Waals surface area contributed by atoms with Gasteiger partial charge < -0.3 is 18.8 Å². The normalized spacial score (nSPS) is 19.9. The first-order valence-corrected chi connectivity index (χ1v) is 18.7. The summed E-state index contributed by atoms with van der Waals surface area (Å²) in [4.78, 5) is 35.0. The molecule has 2 amide bonds. The molecule has 2 saturated heterocycles. The maximum Gasteiger partial charge on any atom is 0.410 e. The molecule has 0 radical (unpaired) electrons. The number of benzene rings is 1. The lowest BCUT2D eigenvalue weighted by Gasteiger charge is -2.35. The monoisotopic (exact) mass is 584 g/mol. The second kappa shape index (κ2) is 13.4. The number of rotatable bonds is 9. The number of carbonyl (C=O) groups excluding carboxylic acids is 2. The van der Waals surface area contributed by atoms with Gasteiger partial charge >= 0.3 is 12.2 Å². The van der Waals surface area contributed by atoms with Crippen molar-refractivity contribution in [3.63, 3.8) is 0 Å². The highest BCUT2D eigenvalue weighted by molar-refractivity contribution is 6.76. The van der Waals surface area contributed by atoms with Crippen LogP contribution in [0.15, 0.2) is 36.5 Å². The van der Waals surface area contributed by atoms with Crippen molar-refractivity contribution in [1.82, 2.24) is 19.4 Å². The summed E-state index contributed by atoms with van der Waals surface area (Å²) in [6, 6.07) is 10.4. The van der Waals surface area contributed by atoms with Gasteiger partial charge in [0.15, 0.2) is 0 Å². The van der Waals surface area contributed by atoms with Crippen LogP contribution in [0.2, 0.25) is 25.7 Å². The van der Waals surface area contributed by atoms with Crippen molar-refractivity contribution in [1.29, 1.82) is 0 Å². The first-order chi connectivity index (χ1) is 19.4. The SMILES string of the molecule is CC(C)(C)OC(=O)N1CCCC1c1ncc(C2CCCCN2C(=O)OCc2ccccc2)n1COCC[Si](C)(C)C. The summed E-state index contributed by atoms with van der Waals surface area (Å²) >= 11 is 0. The Balaban J connectivity index is 1.59. The molecule has 2 atom stereocenters. The third-order valence-corrected chi connectivity index (χ3v) is 9.30. The van der Waals surface area contributed by atoms with Crippen molar-refractivity contribution in [2.45, 2.75) is 110 Å². The van der Waals surface area contributed by atoms with Crippen LogP contribution in [0.25, 0.3) is 0 Å². The number of ether oxygens (including phenoxy) is 3. The molecule has 0 N–H and O–H groups in total. The summed E-state index contributed by atoms with van der Waals surface area (Å²) in [5.41, 5.74) is 1.31. The summed E-state index contributed by atoms with van der Waals surface area (Å²) in [6.07, 6.45) is 5.68. The number of hydrogen-bond acceptors (Lipinski definition) is 6. The van der Waals surface area contributed by atoms with E-state index in [0.29, 0.717) is 26.4 Å². The largest absolute Gasteiger partial charge is 0.445 e. The van der Waals surface area contributed by atoms with Gasteiger partial charge in [-0.15, -0.1) is 0 Å². The van der Waals surface area contributed by atoms with Crippen molar-refractivity contribution >= 4 is 20.3 Å². The Morgan fingerprint density at radius 1 is 0.951 bits per heavy atom. The van der Waals surface area contributed by atoms with Gasteiger partial charge in [0.25, 0.3) is 0 Å². The van der Waals surface area contributed by atoms with E-state index in [1.54, 1.807) is 4.90 Å². The highest BCUT2D eigenvalue weighted by Crippen LogP contribution is 2.37. The van der Waals surface area contributed by atoms with Crippen molar-refractivity contribution in [3.8, 4) is 0 Å². The predicted octanol–water partition coefficient (Wildman–Crippen LogP) is 7.13. The fourth-order valence-electron chi connectivity index (χ4n) is 5.44. The molecule has 2 aromatic rings. The second-order valence-corrected chi connectivity index (χ2v) is 19.0. The molecule has 10 heteroatoms. The van der Waals surface area contributed by atoms with Gasteiger partial charge in [-0.25, -0.2) is 14.6 Å². The van der Waals surface area contributed by atoms with Crippen molar-refractivity contribution in [2.75, 3.05) is 19.7 Å². The molecule has 0 aliphatic carbocycles. The minimum absolute atomic E-state index is 0.176. The molecule has 226 valence electrons. The Morgan fingerprint density at radius 3 is 2.34 bits per heavy atom. The third-order valence-electron chi connectivity index (χ3n) is 7.60. The van der Waals surface area contributed by atoms with Gasteiger partial charge in [-0.1, -0.05) is 50.0 Å². The van der Waals surface area contributed by atoms with Crippen LogP contribution in [-0.2, 0) is 27.5 Å². The molecule has 1 aromatic carbocycles. The standard InChI is InChI=1S/C31H48N4O5Si/c1-31(2,3)40-30(37)34-18-12-16-26(34)28-32-21-27(35(28)23-38-19-20-41(4,5)6)25-15-10-11-17-33(25)29(36)39-22-24-13-8-7-9-14-24/h7-9,13-14,21,25-26H,10-12,15-20,22-23H2,1-6H3. The fraction of sp³-hybridized carbons (Fsp3) is 0.645. The van der Waals surface area contributed by atoms with E-state index in [2.05, 4.69) is 24.2 Å². The molecule has 41 heavy (non-hydrogen) atoms. The van der Waals surface area contributed by atoms with Crippen molar-refractivity contribution in [2.24, 2.45) is 0 Å². The van der Waals surface area contributed by atoms with E-state index in [1.165, 1.54) is 0 Å². The Morgan fingerprint density at radius 2 is 1.63 bits per heavy atom. The predicted molar refractivity (Wildman–Crippen MR) is 161 cm³/mol. The molecule has 3 heterocycles. The average Bonchev–Trinajstić information content (AvgIpc) is 3.56. The molecule has 2 unspecified atom stereocenters. The molecule has 0 spiro atoms. The number of aromatic nitrogens is 2. The Hall–Kier alpha value is -2.85. The second-order valence-electron chi connectivity index (χ2n) is 13.4. The van der Waals surface area contributed by atoms with Gasteiger partial charge in [0.05, 0.1) is 24.0 Å². The summed E-state index contributed by atoms with van der Waals surface area (Å²) in [6.45, 7) is 15.1. The van der Waals surface area contributed by atoms with Gasteiger partial charge in [-0.2, -0.15) is 0 Å². The Labute approximate surface area is 246 Å². The molecule has 4 rings (SSSR count). The van der Waals surface area contributed by atoms with Crippen LogP contribution in [0.4, 0.5) is 9.59 Å². The molecule has 0 saturated carbocycles. The lowest BCUT2D eigenvalue weighted by molar-refractivity contribution is 0.0201. The molecule has 0 bridgehead atoms. The van der Waals surface area contributed by atoms with E-state index in [4.69, 9.17) is 19.2 Å². The zero-order chi connectivity index (χ0) is 29.6. The average molecular weight is 585 g/mol. The maximum atomic E-state index is 13.4. The van der Waals surface area contributed by atoms with E-state index in [1.807, 2.05) is 62.2 Å². The van der Waals surface area contributed by atoms with E-state index in [0.717, 1.165) is 55.2 Å². The van der Waals surface area contributed by atoms with E-state index in [9.17, 15) is 9.59 Å². The van der Waals surface area contributed by atoms with E-state index < -0.39 is 13.7 Å². The number of hydrogen-bond donors (Lipinski definition) is 0. The quantitative estimate of drug-likeness (QED) is 0.230. The highest BCUT2D eigenvalue weighted by atomic mass is 28.3. The van der Waals surface area contributed by atoms with Gasteiger partial charge in [0.1, 0.15) is 24.8 Å². The minimum atomic E-state index is -1.26. The van der Waals surface area contributed by atoms with Crippen molar-refractivity contribution < 1.29 is 23.8 Å². The zero-order valence-electron chi connectivity index (χ0n) is 25.7. The van der Waals surface area contributed by atoms with Crippen LogP contribution in [0.3, 0.4) is 0 Å². The molecule has 1 aromatic heterocycles. The fourth-order valence-corrected chi connectivity index (χ4v) is 6.20. The first kappa shape index (κ1) is 31.1. The molecule has 2 aliphatic heterocycles. The zero-order valence-corrected chi connectivity index (χ0v) is 26.7. The number of carbonyl (C=O) groups is 2. The summed E-state index contributed by atoms with van der Waals surface area (Å²) in [5, 5.41) is 0. The van der Waals surface area contributed by atoms with Crippen LogP contribution in [-0.4, -0.2) is 64.9 Å². The number of nitrogens with zero attached hydrogens (tertiary/aromatic N) is 4. The molecule has 2 aliphatic rings. The number of piperidine rings is 1. The molecular weight excluding hydrogens is 536 g/mol. The van der Waals surface area contributed by atoms with Crippen LogP contribution < -0.4 is 0 Å². The summed E-state index contributed by atoms with van der Waals surface area (Å²) < 4.78 is 19.8. The van der Waals surface area contributed by atoms with Crippen molar-refractivity contribution in [3.05, 3.63) is 53.6 Å². The van der Waals surface area contributed by atoms with E-state index >= 15 is 0 Å². The summed E-state index contributed by atoms with van der Waals surface area (Å²) in [5.74, 6) is 0.791. The molecular formula is C31H48N4O5Si. The van der Waals surface area contributed by atoms with Gasteiger partial charge in [-0.3, -0.25) is 9.80 Å². The maximum absolute atomic E-state index is 13.4. The van der Waals surface area contributed by atoms with Gasteiger partial charge in [0, 0.05) is 27.8 Å². The van der Waals surface area contributed by atoms with E-state index in [-0.39, 0.29) is 30.9 Å². The summed E-state index contributed by atoms with van der Waals surface area (Å²) in [7, 11) is -1.26. The number of likely N-dealkylation sites (tertiary alicyclic amines) is 2. The lowest BCUT2D eigenvalue weighted by Crippen LogP contribution is -2.40. The number of amides is 2. The van der Waals surface area contributed by atoms with Crippen LogP contribution in [0, 0.1) is 0 Å². The third kappa shape index (κ3) is 8.58. The lowest BCUT2D eigenvalue weighted by atomic mass is 10.00. The highest BCUT2D eigenvalue weighted by Gasteiger charge is 2.38. The minimum Gasteiger partial charge on any atom is -0.445 e.